The quantitative estimate of drug-likeness (QED) is 0.509. The summed E-state index contributed by atoms with van der Waals surface area (Å²) in [5.74, 6) is 0.171. The first-order chi connectivity index (χ1) is 13.2. The van der Waals surface area contributed by atoms with Gasteiger partial charge < -0.3 is 14.8 Å². The second kappa shape index (κ2) is 7.17. The lowest BCUT2D eigenvalue weighted by molar-refractivity contribution is -0.131. The van der Waals surface area contributed by atoms with Crippen molar-refractivity contribution in [1.29, 1.82) is 0 Å². The molecule has 0 radical (unpaired) electrons. The predicted molar refractivity (Wildman–Crippen MR) is 101 cm³/mol. The first kappa shape index (κ1) is 16.6. The molecule has 2 N–H and O–H groups in total. The van der Waals surface area contributed by atoms with Gasteiger partial charge in [-0.3, -0.25) is 0 Å². The minimum Gasteiger partial charge on any atom is -0.478 e. The fraction of sp³-hybridized carbons (Fsp3) is 0.0500. The van der Waals surface area contributed by atoms with Gasteiger partial charge in [0.1, 0.15) is 11.5 Å². The van der Waals surface area contributed by atoms with E-state index in [2.05, 4.69) is 15.4 Å². The number of fused-ring (bicyclic) bond motifs is 1. The van der Waals surface area contributed by atoms with Gasteiger partial charge in [0.2, 0.25) is 0 Å². The van der Waals surface area contributed by atoms with E-state index in [1.807, 2.05) is 36.4 Å². The van der Waals surface area contributed by atoms with Crippen LogP contribution < -0.4 is 5.32 Å². The maximum Gasteiger partial charge on any atom is 0.328 e. The molecule has 0 aliphatic heterocycles. The van der Waals surface area contributed by atoms with Crippen LogP contribution in [0.2, 0.25) is 0 Å². The molecule has 0 bridgehead atoms. The molecule has 0 aliphatic rings. The molecule has 0 aliphatic carbocycles. The van der Waals surface area contributed by atoms with Gasteiger partial charge in [0.05, 0.1) is 11.8 Å². The number of rotatable bonds is 6. The van der Waals surface area contributed by atoms with Crippen molar-refractivity contribution >= 4 is 23.5 Å². The van der Waals surface area contributed by atoms with Crippen LogP contribution in [0.5, 0.6) is 0 Å². The van der Waals surface area contributed by atoms with Crippen LogP contribution in [0.4, 0.5) is 5.82 Å². The Kier molecular flexibility index (Phi) is 4.40. The second-order valence-corrected chi connectivity index (χ2v) is 5.83. The number of nitrogens with one attached hydrogen (secondary N) is 1. The Balaban J connectivity index is 1.72. The molecule has 134 valence electrons. The molecule has 4 rings (SSSR count). The number of carbonyl (C=O) groups is 1. The van der Waals surface area contributed by atoms with Crippen molar-refractivity contribution in [1.82, 2.24) is 14.6 Å². The Labute approximate surface area is 154 Å². The summed E-state index contributed by atoms with van der Waals surface area (Å²) in [7, 11) is 0. The first-order valence-corrected chi connectivity index (χ1v) is 8.33. The molecular weight excluding hydrogens is 344 g/mol. The first-order valence-electron chi connectivity index (χ1n) is 8.33. The normalized spacial score (nSPS) is 11.3. The largest absolute Gasteiger partial charge is 0.478 e. The summed E-state index contributed by atoms with van der Waals surface area (Å²) in [6, 6.07) is 15.3. The Bertz CT molecular complexity index is 1100. The fourth-order valence-electron chi connectivity index (χ4n) is 2.74. The molecule has 3 aromatic heterocycles. The Morgan fingerprint density at radius 2 is 2.04 bits per heavy atom. The summed E-state index contributed by atoms with van der Waals surface area (Å²) in [5.41, 5.74) is 2.79. The van der Waals surface area contributed by atoms with Gasteiger partial charge in [-0.2, -0.15) is 5.10 Å². The number of furan rings is 1. The number of hydrogen-bond donors (Lipinski definition) is 2. The fourth-order valence-corrected chi connectivity index (χ4v) is 2.74. The van der Waals surface area contributed by atoms with Gasteiger partial charge in [-0.15, -0.1) is 0 Å². The number of anilines is 1. The number of aliphatic carboxylic acids is 1. The van der Waals surface area contributed by atoms with Gasteiger partial charge in [0, 0.05) is 18.8 Å². The van der Waals surface area contributed by atoms with E-state index >= 15 is 0 Å². The highest BCUT2D eigenvalue weighted by Crippen LogP contribution is 2.27. The van der Waals surface area contributed by atoms with E-state index in [1.54, 1.807) is 29.1 Å². The average molecular weight is 360 g/mol. The molecule has 7 nitrogen and oxygen atoms in total. The zero-order chi connectivity index (χ0) is 18.6. The van der Waals surface area contributed by atoms with Gasteiger partial charge >= 0.3 is 5.97 Å². The maximum atomic E-state index is 11.0. The maximum absolute atomic E-state index is 11.0. The van der Waals surface area contributed by atoms with Gasteiger partial charge in [-0.1, -0.05) is 30.3 Å². The number of hydrogen-bond acceptors (Lipinski definition) is 5. The molecule has 27 heavy (non-hydrogen) atoms. The van der Waals surface area contributed by atoms with Crippen LogP contribution in [0.1, 0.15) is 11.1 Å². The van der Waals surface area contributed by atoms with Crippen LogP contribution in [0.3, 0.4) is 0 Å². The number of benzene rings is 1. The molecule has 0 unspecified atom stereocenters. The molecule has 0 atom stereocenters. The molecule has 0 amide bonds. The Morgan fingerprint density at radius 3 is 2.78 bits per heavy atom. The lowest BCUT2D eigenvalue weighted by Gasteiger charge is -2.06. The molecule has 1 aromatic carbocycles. The monoisotopic (exact) mass is 360 g/mol. The topological polar surface area (TPSA) is 92.7 Å². The van der Waals surface area contributed by atoms with E-state index < -0.39 is 5.97 Å². The number of nitrogens with zero attached hydrogens (tertiary/aromatic N) is 3. The van der Waals surface area contributed by atoms with Crippen molar-refractivity contribution in [3.8, 4) is 11.5 Å². The summed E-state index contributed by atoms with van der Waals surface area (Å²) in [5, 5.41) is 16.8. The standard InChI is InChI=1S/C20H16N4O3/c25-18(26)9-8-15-19(16-7-4-12-27-16)23-24-11-10-17(22-20(15)24)21-13-14-5-2-1-3-6-14/h1-12H,13H2,(H,21,22)(H,25,26)/b9-8+. The van der Waals surface area contributed by atoms with Crippen molar-refractivity contribution in [2.24, 2.45) is 0 Å². The van der Waals surface area contributed by atoms with E-state index in [-0.39, 0.29) is 0 Å². The van der Waals surface area contributed by atoms with Gasteiger partial charge in [0.25, 0.3) is 0 Å². The number of carboxylic acid groups (broad SMARTS) is 1. The van der Waals surface area contributed by atoms with E-state index in [9.17, 15) is 4.79 Å². The lowest BCUT2D eigenvalue weighted by Crippen LogP contribution is -2.02. The highest BCUT2D eigenvalue weighted by Gasteiger charge is 2.16. The van der Waals surface area contributed by atoms with Crippen LogP contribution in [0.15, 0.2) is 71.5 Å². The van der Waals surface area contributed by atoms with Crippen LogP contribution >= 0.6 is 0 Å². The Hall–Kier alpha value is -3.87. The summed E-state index contributed by atoms with van der Waals surface area (Å²) < 4.78 is 7.04. The summed E-state index contributed by atoms with van der Waals surface area (Å²) in [4.78, 5) is 15.6. The molecule has 3 heterocycles. The van der Waals surface area contributed by atoms with E-state index in [0.717, 1.165) is 11.6 Å². The molecular formula is C20H16N4O3. The molecule has 7 heteroatoms. The van der Waals surface area contributed by atoms with E-state index in [1.165, 1.54) is 6.08 Å². The number of aromatic nitrogens is 3. The second-order valence-electron chi connectivity index (χ2n) is 5.83. The highest BCUT2D eigenvalue weighted by atomic mass is 16.4. The van der Waals surface area contributed by atoms with Crippen molar-refractivity contribution < 1.29 is 14.3 Å². The van der Waals surface area contributed by atoms with Crippen molar-refractivity contribution in [3.63, 3.8) is 0 Å². The molecule has 0 saturated heterocycles. The van der Waals surface area contributed by atoms with Crippen LogP contribution in [-0.4, -0.2) is 25.7 Å². The molecule has 0 saturated carbocycles. The third-order valence-corrected chi connectivity index (χ3v) is 3.98. The SMILES string of the molecule is O=C(O)/C=C/c1c(-c2ccco2)nn2ccc(NCc3ccccc3)nc12. The van der Waals surface area contributed by atoms with Gasteiger partial charge in [0.15, 0.2) is 11.4 Å². The minimum atomic E-state index is -1.04. The zero-order valence-corrected chi connectivity index (χ0v) is 14.2. The molecule has 4 aromatic rings. The van der Waals surface area contributed by atoms with Crippen molar-refractivity contribution in [2.75, 3.05) is 5.32 Å². The Morgan fingerprint density at radius 1 is 1.19 bits per heavy atom. The summed E-state index contributed by atoms with van der Waals surface area (Å²) in [6.07, 6.45) is 5.87. The van der Waals surface area contributed by atoms with E-state index in [0.29, 0.717) is 35.0 Å². The predicted octanol–water partition coefficient (Wildman–Crippen LogP) is 3.70. The smallest absolute Gasteiger partial charge is 0.328 e. The van der Waals surface area contributed by atoms with Crippen LogP contribution in [0.25, 0.3) is 23.2 Å². The van der Waals surface area contributed by atoms with Gasteiger partial charge in [-0.25, -0.2) is 14.3 Å². The summed E-state index contributed by atoms with van der Waals surface area (Å²) in [6.45, 7) is 0.628. The minimum absolute atomic E-state index is 0.533. The van der Waals surface area contributed by atoms with Crippen molar-refractivity contribution in [2.45, 2.75) is 6.54 Å². The highest BCUT2D eigenvalue weighted by molar-refractivity contribution is 5.90. The van der Waals surface area contributed by atoms with Crippen molar-refractivity contribution in [3.05, 3.63) is 78.2 Å². The summed E-state index contributed by atoms with van der Waals surface area (Å²) >= 11 is 0. The van der Waals surface area contributed by atoms with Gasteiger partial charge in [-0.05, 0) is 29.8 Å². The number of carboxylic acids is 1. The molecule has 0 fully saturated rings. The van der Waals surface area contributed by atoms with Crippen LogP contribution in [0, 0.1) is 0 Å². The zero-order valence-electron chi connectivity index (χ0n) is 14.2. The van der Waals surface area contributed by atoms with Crippen LogP contribution in [-0.2, 0) is 11.3 Å². The third-order valence-electron chi connectivity index (χ3n) is 3.98. The van der Waals surface area contributed by atoms with E-state index in [4.69, 9.17) is 9.52 Å². The molecule has 0 spiro atoms. The lowest BCUT2D eigenvalue weighted by atomic mass is 10.2. The average Bonchev–Trinajstić information content (AvgIpc) is 3.33. The third kappa shape index (κ3) is 3.57.